The van der Waals surface area contributed by atoms with Crippen LogP contribution in [-0.2, 0) is 11.2 Å². The molecule has 2 rings (SSSR count). The predicted molar refractivity (Wildman–Crippen MR) is 79.9 cm³/mol. The molecule has 1 aliphatic heterocycles. The Hall–Kier alpha value is -1.55. The van der Waals surface area contributed by atoms with Gasteiger partial charge in [0.05, 0.1) is 13.5 Å². The summed E-state index contributed by atoms with van der Waals surface area (Å²) < 4.78 is 5.20. The van der Waals surface area contributed by atoms with E-state index in [0.29, 0.717) is 12.3 Å². The second kappa shape index (κ2) is 7.29. The van der Waals surface area contributed by atoms with Crippen molar-refractivity contribution in [3.63, 3.8) is 0 Å². The molecule has 1 aliphatic rings. The van der Waals surface area contributed by atoms with Gasteiger partial charge < -0.3 is 15.0 Å². The summed E-state index contributed by atoms with van der Waals surface area (Å²) in [7, 11) is 3.62. The number of rotatable bonds is 5. The minimum Gasteiger partial charge on any atom is -0.497 e. The van der Waals surface area contributed by atoms with Crippen molar-refractivity contribution in [3.05, 3.63) is 29.8 Å². The minimum atomic E-state index is 0.221. The molecular formula is C16H24N2O2. The molecule has 0 aliphatic carbocycles. The fraction of sp³-hybridized carbons (Fsp3) is 0.562. The van der Waals surface area contributed by atoms with Gasteiger partial charge in [-0.3, -0.25) is 4.79 Å². The first kappa shape index (κ1) is 14.9. The maximum Gasteiger partial charge on any atom is 0.227 e. The third kappa shape index (κ3) is 3.97. The molecule has 4 heteroatoms. The van der Waals surface area contributed by atoms with Gasteiger partial charge in [-0.1, -0.05) is 12.1 Å². The van der Waals surface area contributed by atoms with E-state index >= 15 is 0 Å². The first-order valence-electron chi connectivity index (χ1n) is 7.28. The van der Waals surface area contributed by atoms with Crippen LogP contribution in [0.3, 0.4) is 0 Å². The van der Waals surface area contributed by atoms with E-state index in [9.17, 15) is 4.79 Å². The SMILES string of the molecule is CNCC1CCCN(C(=O)Cc2cccc(OC)c2)C1. The molecule has 0 spiro atoms. The van der Waals surface area contributed by atoms with Gasteiger partial charge in [-0.2, -0.15) is 0 Å². The van der Waals surface area contributed by atoms with Crippen LogP contribution < -0.4 is 10.1 Å². The first-order chi connectivity index (χ1) is 9.72. The lowest BCUT2D eigenvalue weighted by Gasteiger charge is -2.32. The summed E-state index contributed by atoms with van der Waals surface area (Å²) in [6, 6.07) is 7.75. The van der Waals surface area contributed by atoms with Crippen LogP contribution in [0.1, 0.15) is 18.4 Å². The average Bonchev–Trinajstić information content (AvgIpc) is 2.48. The number of benzene rings is 1. The Morgan fingerprint density at radius 2 is 2.35 bits per heavy atom. The van der Waals surface area contributed by atoms with E-state index in [1.807, 2.05) is 36.2 Å². The van der Waals surface area contributed by atoms with Crippen molar-refractivity contribution in [1.29, 1.82) is 0 Å². The van der Waals surface area contributed by atoms with Gasteiger partial charge in [0.1, 0.15) is 5.75 Å². The van der Waals surface area contributed by atoms with Crippen LogP contribution in [0.15, 0.2) is 24.3 Å². The van der Waals surface area contributed by atoms with E-state index in [2.05, 4.69) is 5.32 Å². The zero-order chi connectivity index (χ0) is 14.4. The highest BCUT2D eigenvalue weighted by Crippen LogP contribution is 2.18. The van der Waals surface area contributed by atoms with Crippen molar-refractivity contribution in [3.8, 4) is 5.75 Å². The molecule has 1 saturated heterocycles. The van der Waals surface area contributed by atoms with Gasteiger partial charge in [0.2, 0.25) is 5.91 Å². The maximum atomic E-state index is 12.4. The van der Waals surface area contributed by atoms with E-state index in [1.54, 1.807) is 7.11 Å². The van der Waals surface area contributed by atoms with Gasteiger partial charge in [0, 0.05) is 13.1 Å². The number of carbonyl (C=O) groups excluding carboxylic acids is 1. The molecule has 1 amide bonds. The number of carbonyl (C=O) groups is 1. The van der Waals surface area contributed by atoms with Crippen LogP contribution in [0, 0.1) is 5.92 Å². The number of nitrogens with one attached hydrogen (secondary N) is 1. The smallest absolute Gasteiger partial charge is 0.227 e. The molecule has 1 fully saturated rings. The third-order valence-corrected chi connectivity index (χ3v) is 3.85. The summed E-state index contributed by atoms with van der Waals surface area (Å²) in [5.74, 6) is 1.61. The first-order valence-corrected chi connectivity index (χ1v) is 7.28. The number of hydrogen-bond donors (Lipinski definition) is 1. The van der Waals surface area contributed by atoms with Crippen molar-refractivity contribution in [2.45, 2.75) is 19.3 Å². The third-order valence-electron chi connectivity index (χ3n) is 3.85. The molecule has 1 N–H and O–H groups in total. The van der Waals surface area contributed by atoms with Gasteiger partial charge in [0.25, 0.3) is 0 Å². The molecule has 20 heavy (non-hydrogen) atoms. The molecule has 1 heterocycles. The van der Waals surface area contributed by atoms with Gasteiger partial charge in [-0.05, 0) is 50.0 Å². The lowest BCUT2D eigenvalue weighted by atomic mass is 9.97. The van der Waals surface area contributed by atoms with E-state index in [4.69, 9.17) is 4.74 Å². The zero-order valence-corrected chi connectivity index (χ0v) is 12.4. The second-order valence-corrected chi connectivity index (χ2v) is 5.43. The minimum absolute atomic E-state index is 0.221. The fourth-order valence-electron chi connectivity index (χ4n) is 2.82. The van der Waals surface area contributed by atoms with Crippen LogP contribution in [0.25, 0.3) is 0 Å². The summed E-state index contributed by atoms with van der Waals surface area (Å²) in [5, 5.41) is 3.21. The topological polar surface area (TPSA) is 41.6 Å². The van der Waals surface area contributed by atoms with Crippen LogP contribution in [0.4, 0.5) is 0 Å². The summed E-state index contributed by atoms with van der Waals surface area (Å²) in [4.78, 5) is 14.4. The van der Waals surface area contributed by atoms with Crippen molar-refractivity contribution in [2.75, 3.05) is 33.8 Å². The lowest BCUT2D eigenvalue weighted by molar-refractivity contribution is -0.132. The van der Waals surface area contributed by atoms with Crippen molar-refractivity contribution in [2.24, 2.45) is 5.92 Å². The quantitative estimate of drug-likeness (QED) is 0.890. The lowest BCUT2D eigenvalue weighted by Crippen LogP contribution is -2.43. The van der Waals surface area contributed by atoms with E-state index < -0.39 is 0 Å². The van der Waals surface area contributed by atoms with Crippen molar-refractivity contribution < 1.29 is 9.53 Å². The van der Waals surface area contributed by atoms with Gasteiger partial charge in [0.15, 0.2) is 0 Å². The van der Waals surface area contributed by atoms with E-state index in [1.165, 1.54) is 6.42 Å². The van der Waals surface area contributed by atoms with Crippen LogP contribution in [-0.4, -0.2) is 44.6 Å². The normalized spacial score (nSPS) is 18.9. The summed E-state index contributed by atoms with van der Waals surface area (Å²) in [5.41, 5.74) is 1.02. The molecular weight excluding hydrogens is 252 g/mol. The van der Waals surface area contributed by atoms with E-state index in [-0.39, 0.29) is 5.91 Å². The van der Waals surface area contributed by atoms with Crippen LogP contribution >= 0.6 is 0 Å². The van der Waals surface area contributed by atoms with E-state index in [0.717, 1.165) is 37.4 Å². The highest BCUT2D eigenvalue weighted by molar-refractivity contribution is 5.79. The highest BCUT2D eigenvalue weighted by atomic mass is 16.5. The standard InChI is InChI=1S/C16H24N2O2/c1-17-11-14-6-4-8-18(12-14)16(19)10-13-5-3-7-15(9-13)20-2/h3,5,7,9,14,17H,4,6,8,10-12H2,1-2H3. The zero-order valence-electron chi connectivity index (χ0n) is 12.4. The molecule has 0 radical (unpaired) electrons. The number of nitrogens with zero attached hydrogens (tertiary/aromatic N) is 1. The Bertz CT molecular complexity index is 446. The molecule has 4 nitrogen and oxygen atoms in total. The number of likely N-dealkylation sites (tertiary alicyclic amines) is 1. The summed E-state index contributed by atoms with van der Waals surface area (Å²) in [6.07, 6.45) is 2.78. The Balaban J connectivity index is 1.93. The monoisotopic (exact) mass is 276 g/mol. The number of methoxy groups -OCH3 is 1. The van der Waals surface area contributed by atoms with Crippen LogP contribution in [0.2, 0.25) is 0 Å². The fourth-order valence-corrected chi connectivity index (χ4v) is 2.82. The van der Waals surface area contributed by atoms with Crippen molar-refractivity contribution >= 4 is 5.91 Å². The number of ether oxygens (including phenoxy) is 1. The Morgan fingerprint density at radius 3 is 3.10 bits per heavy atom. The summed E-state index contributed by atoms with van der Waals surface area (Å²) in [6.45, 7) is 2.76. The largest absolute Gasteiger partial charge is 0.497 e. The van der Waals surface area contributed by atoms with Gasteiger partial charge in [-0.25, -0.2) is 0 Å². The highest BCUT2D eigenvalue weighted by Gasteiger charge is 2.23. The molecule has 1 aromatic rings. The second-order valence-electron chi connectivity index (χ2n) is 5.43. The Kier molecular flexibility index (Phi) is 5.41. The molecule has 1 aromatic carbocycles. The van der Waals surface area contributed by atoms with Gasteiger partial charge >= 0.3 is 0 Å². The molecule has 1 atom stereocenters. The number of amides is 1. The Labute approximate surface area is 121 Å². The van der Waals surface area contributed by atoms with Crippen molar-refractivity contribution in [1.82, 2.24) is 10.2 Å². The number of hydrogen-bond acceptors (Lipinski definition) is 3. The predicted octanol–water partition coefficient (Wildman–Crippen LogP) is 1.70. The molecule has 0 saturated carbocycles. The molecule has 0 bridgehead atoms. The average molecular weight is 276 g/mol. The summed E-state index contributed by atoms with van der Waals surface area (Å²) >= 11 is 0. The number of piperidine rings is 1. The van der Waals surface area contributed by atoms with Gasteiger partial charge in [-0.15, -0.1) is 0 Å². The molecule has 1 unspecified atom stereocenters. The Morgan fingerprint density at radius 1 is 1.50 bits per heavy atom. The molecule has 0 aromatic heterocycles. The molecule has 110 valence electrons. The van der Waals surface area contributed by atoms with Crippen LogP contribution in [0.5, 0.6) is 5.75 Å². The maximum absolute atomic E-state index is 12.4.